The zero-order chi connectivity index (χ0) is 18.3. The smallest absolute Gasteiger partial charge is 0.216 e. The minimum absolute atomic E-state index is 0.0656. The maximum absolute atomic E-state index is 4.93. The van der Waals surface area contributed by atoms with Gasteiger partial charge in [0.25, 0.3) is 0 Å². The molecule has 3 heterocycles. The maximum atomic E-state index is 4.93. The van der Waals surface area contributed by atoms with Gasteiger partial charge < -0.3 is 10.2 Å². The minimum Gasteiger partial charge on any atom is -0.364 e. The molecule has 0 atom stereocenters. The number of hydrogen-bond donors (Lipinski definition) is 1. The lowest BCUT2D eigenvalue weighted by Crippen LogP contribution is -2.32. The van der Waals surface area contributed by atoms with Crippen molar-refractivity contribution < 1.29 is 0 Å². The zero-order valence-electron chi connectivity index (χ0n) is 16.0. The molecule has 26 heavy (non-hydrogen) atoms. The van der Waals surface area contributed by atoms with E-state index in [-0.39, 0.29) is 5.54 Å². The number of aromatic nitrogens is 3. The highest BCUT2D eigenvalue weighted by atomic mass is 32.1. The lowest BCUT2D eigenvalue weighted by molar-refractivity contribution is 0.437. The minimum atomic E-state index is -0.0656. The highest BCUT2D eigenvalue weighted by Gasteiger charge is 2.24. The second kappa shape index (κ2) is 6.58. The van der Waals surface area contributed by atoms with Crippen molar-refractivity contribution in [3.63, 3.8) is 0 Å². The second-order valence-electron chi connectivity index (χ2n) is 8.30. The van der Waals surface area contributed by atoms with E-state index in [4.69, 9.17) is 10.1 Å². The van der Waals surface area contributed by atoms with E-state index in [2.05, 4.69) is 62.2 Å². The molecule has 0 radical (unpaired) electrons. The summed E-state index contributed by atoms with van der Waals surface area (Å²) in [6, 6.07) is 10.3. The molecular formula is C20H27N5S. The fraction of sp³-hybridized carbons (Fsp3) is 0.500. The summed E-state index contributed by atoms with van der Waals surface area (Å²) >= 11 is 1.69. The molecule has 6 heteroatoms. The lowest BCUT2D eigenvalue weighted by atomic mass is 10.00. The molecule has 1 N–H and O–H groups in total. The first kappa shape index (κ1) is 17.3. The Morgan fingerprint density at radius 3 is 2.46 bits per heavy atom. The van der Waals surface area contributed by atoms with E-state index < -0.39 is 0 Å². The number of anilines is 2. The Kier molecular flexibility index (Phi) is 4.39. The van der Waals surface area contributed by atoms with Crippen molar-refractivity contribution in [1.82, 2.24) is 14.6 Å². The molecule has 0 amide bonds. The van der Waals surface area contributed by atoms with E-state index in [0.717, 1.165) is 46.2 Å². The van der Waals surface area contributed by atoms with Gasteiger partial charge in [0.2, 0.25) is 10.1 Å². The molecule has 1 saturated heterocycles. The summed E-state index contributed by atoms with van der Waals surface area (Å²) in [5.74, 6) is 1.80. The first-order valence-corrected chi connectivity index (χ1v) is 10.2. The van der Waals surface area contributed by atoms with Crippen molar-refractivity contribution >= 4 is 27.2 Å². The summed E-state index contributed by atoms with van der Waals surface area (Å²) in [6.45, 7) is 11.0. The topological polar surface area (TPSA) is 45.5 Å². The van der Waals surface area contributed by atoms with Crippen molar-refractivity contribution in [2.45, 2.75) is 46.1 Å². The fourth-order valence-corrected chi connectivity index (χ4v) is 4.28. The SMILES string of the molecule is CC1CCN(c2nn3c(NC(C)(C)C)c(-c4ccccc4)nc3s2)CC1. The van der Waals surface area contributed by atoms with Crippen LogP contribution in [-0.4, -0.2) is 33.2 Å². The van der Waals surface area contributed by atoms with Crippen LogP contribution in [0.4, 0.5) is 10.9 Å². The summed E-state index contributed by atoms with van der Waals surface area (Å²) in [7, 11) is 0. The third-order valence-corrected chi connectivity index (χ3v) is 5.76. The molecule has 0 spiro atoms. The van der Waals surface area contributed by atoms with Gasteiger partial charge in [0.05, 0.1) is 0 Å². The van der Waals surface area contributed by atoms with Crippen LogP contribution in [0, 0.1) is 5.92 Å². The second-order valence-corrected chi connectivity index (χ2v) is 9.23. The van der Waals surface area contributed by atoms with Crippen LogP contribution in [-0.2, 0) is 0 Å². The molecule has 0 unspecified atom stereocenters. The van der Waals surface area contributed by atoms with Crippen LogP contribution >= 0.6 is 11.3 Å². The largest absolute Gasteiger partial charge is 0.364 e. The maximum Gasteiger partial charge on any atom is 0.216 e. The highest BCUT2D eigenvalue weighted by Crippen LogP contribution is 2.35. The lowest BCUT2D eigenvalue weighted by Gasteiger charge is -2.29. The van der Waals surface area contributed by atoms with E-state index in [9.17, 15) is 0 Å². The van der Waals surface area contributed by atoms with Gasteiger partial charge >= 0.3 is 0 Å². The first-order chi connectivity index (χ1) is 12.4. The third kappa shape index (κ3) is 3.43. The van der Waals surface area contributed by atoms with Crippen molar-refractivity contribution in [2.75, 3.05) is 23.3 Å². The molecule has 1 aliphatic heterocycles. The van der Waals surface area contributed by atoms with Gasteiger partial charge in [0.15, 0.2) is 5.82 Å². The predicted octanol–water partition coefficient (Wildman–Crippen LogP) is 4.90. The van der Waals surface area contributed by atoms with Crippen LogP contribution in [0.2, 0.25) is 0 Å². The van der Waals surface area contributed by atoms with Crippen LogP contribution in [0.3, 0.4) is 0 Å². The fourth-order valence-electron chi connectivity index (χ4n) is 3.33. The highest BCUT2D eigenvalue weighted by molar-refractivity contribution is 7.20. The Bertz CT molecular complexity index is 882. The quantitative estimate of drug-likeness (QED) is 0.713. The van der Waals surface area contributed by atoms with Crippen molar-refractivity contribution in [2.24, 2.45) is 5.92 Å². The molecule has 0 saturated carbocycles. The van der Waals surface area contributed by atoms with Crippen molar-refractivity contribution in [3.8, 4) is 11.3 Å². The van der Waals surface area contributed by atoms with Gasteiger partial charge in [0.1, 0.15) is 5.69 Å². The monoisotopic (exact) mass is 369 g/mol. The van der Waals surface area contributed by atoms with E-state index in [1.54, 1.807) is 11.3 Å². The van der Waals surface area contributed by atoms with Gasteiger partial charge in [-0.1, -0.05) is 48.6 Å². The summed E-state index contributed by atoms with van der Waals surface area (Å²) in [5.41, 5.74) is 2.02. The van der Waals surface area contributed by atoms with Gasteiger partial charge in [-0.3, -0.25) is 0 Å². The predicted molar refractivity (Wildman–Crippen MR) is 110 cm³/mol. The number of benzene rings is 1. The third-order valence-electron chi connectivity index (χ3n) is 4.79. The molecule has 5 nitrogen and oxygen atoms in total. The van der Waals surface area contributed by atoms with E-state index >= 15 is 0 Å². The summed E-state index contributed by atoms with van der Waals surface area (Å²) < 4.78 is 1.99. The number of fused-ring (bicyclic) bond motifs is 1. The number of hydrogen-bond acceptors (Lipinski definition) is 5. The normalized spacial score (nSPS) is 16.4. The van der Waals surface area contributed by atoms with Gasteiger partial charge in [-0.25, -0.2) is 4.98 Å². The molecule has 138 valence electrons. The van der Waals surface area contributed by atoms with E-state index in [1.165, 1.54) is 12.8 Å². The molecular weight excluding hydrogens is 342 g/mol. The van der Waals surface area contributed by atoms with Gasteiger partial charge in [0, 0.05) is 24.2 Å². The Morgan fingerprint density at radius 2 is 1.81 bits per heavy atom. The Morgan fingerprint density at radius 1 is 1.12 bits per heavy atom. The Balaban J connectivity index is 1.76. The van der Waals surface area contributed by atoms with Crippen LogP contribution in [0.1, 0.15) is 40.5 Å². The Labute approximate surface area is 159 Å². The van der Waals surface area contributed by atoms with Crippen LogP contribution in [0.15, 0.2) is 30.3 Å². The number of nitrogens with zero attached hydrogens (tertiary/aromatic N) is 4. The number of nitrogens with one attached hydrogen (secondary N) is 1. The molecule has 1 aromatic carbocycles. The average molecular weight is 370 g/mol. The zero-order valence-corrected chi connectivity index (χ0v) is 16.8. The number of piperidine rings is 1. The number of imidazole rings is 1. The van der Waals surface area contributed by atoms with Gasteiger partial charge in [-0.2, -0.15) is 4.52 Å². The molecule has 4 rings (SSSR count). The summed E-state index contributed by atoms with van der Waals surface area (Å²) in [4.78, 5) is 8.28. The van der Waals surface area contributed by atoms with E-state index in [0.29, 0.717) is 0 Å². The van der Waals surface area contributed by atoms with Crippen LogP contribution in [0.5, 0.6) is 0 Å². The van der Waals surface area contributed by atoms with Crippen molar-refractivity contribution in [3.05, 3.63) is 30.3 Å². The van der Waals surface area contributed by atoms with Gasteiger partial charge in [-0.05, 0) is 39.5 Å². The Hall–Kier alpha value is -2.08. The van der Waals surface area contributed by atoms with Crippen LogP contribution in [0.25, 0.3) is 16.2 Å². The molecule has 2 aromatic heterocycles. The standard InChI is InChI=1S/C20H27N5S/c1-14-10-12-24(13-11-14)19-23-25-17(22-20(2,3)4)16(21-18(25)26-19)15-8-6-5-7-9-15/h5-9,14,22H,10-13H2,1-4H3. The van der Waals surface area contributed by atoms with Crippen molar-refractivity contribution in [1.29, 1.82) is 0 Å². The van der Waals surface area contributed by atoms with Gasteiger partial charge in [-0.15, -0.1) is 5.10 Å². The molecule has 1 fully saturated rings. The summed E-state index contributed by atoms with van der Waals surface area (Å²) in [6.07, 6.45) is 2.48. The molecule has 3 aromatic rings. The average Bonchev–Trinajstić information content (AvgIpc) is 3.15. The van der Waals surface area contributed by atoms with Crippen LogP contribution < -0.4 is 10.2 Å². The first-order valence-electron chi connectivity index (χ1n) is 9.39. The molecule has 0 bridgehead atoms. The molecule has 1 aliphatic rings. The van der Waals surface area contributed by atoms with E-state index in [1.807, 2.05) is 10.6 Å². The number of rotatable bonds is 3. The summed E-state index contributed by atoms with van der Waals surface area (Å²) in [5, 5.41) is 9.63. The molecule has 0 aliphatic carbocycles.